The molecular formula is C28H32N2O5. The molecule has 3 atom stereocenters. The highest BCUT2D eigenvalue weighted by atomic mass is 16.5. The second kappa shape index (κ2) is 11.2. The Labute approximate surface area is 205 Å². The van der Waals surface area contributed by atoms with Crippen LogP contribution in [-0.4, -0.2) is 42.3 Å². The molecule has 0 aliphatic heterocycles. The normalized spacial score (nSPS) is 19.3. The molecule has 2 aromatic rings. The van der Waals surface area contributed by atoms with E-state index in [4.69, 9.17) is 4.74 Å². The van der Waals surface area contributed by atoms with Crippen LogP contribution in [0.5, 0.6) is 0 Å². The predicted molar refractivity (Wildman–Crippen MR) is 133 cm³/mol. The quantitative estimate of drug-likeness (QED) is 0.463. The summed E-state index contributed by atoms with van der Waals surface area (Å²) in [5.41, 5.74) is 4.62. The van der Waals surface area contributed by atoms with Crippen LogP contribution in [0.1, 0.15) is 49.7 Å². The molecular weight excluding hydrogens is 444 g/mol. The fraction of sp³-hybridized carbons (Fsp3) is 0.393. The molecule has 0 spiro atoms. The van der Waals surface area contributed by atoms with Crippen LogP contribution >= 0.6 is 0 Å². The molecule has 1 unspecified atom stereocenters. The third-order valence-corrected chi connectivity index (χ3v) is 6.85. The third kappa shape index (κ3) is 5.73. The Morgan fingerprint density at radius 3 is 2.34 bits per heavy atom. The van der Waals surface area contributed by atoms with Gasteiger partial charge in [-0.15, -0.1) is 0 Å². The molecule has 2 aliphatic rings. The van der Waals surface area contributed by atoms with E-state index in [0.717, 1.165) is 17.5 Å². The van der Waals surface area contributed by atoms with E-state index in [2.05, 4.69) is 34.9 Å². The molecule has 2 aromatic carbocycles. The Balaban J connectivity index is 1.31. The number of nitrogens with one attached hydrogen (secondary N) is 2. The summed E-state index contributed by atoms with van der Waals surface area (Å²) >= 11 is 0. The van der Waals surface area contributed by atoms with Crippen LogP contribution in [0.3, 0.4) is 0 Å². The van der Waals surface area contributed by atoms with E-state index >= 15 is 0 Å². The van der Waals surface area contributed by atoms with E-state index < -0.39 is 23.9 Å². The summed E-state index contributed by atoms with van der Waals surface area (Å²) in [5.74, 6) is -1.97. The second-order valence-corrected chi connectivity index (χ2v) is 9.24. The summed E-state index contributed by atoms with van der Waals surface area (Å²) in [6, 6.07) is 16.0. The molecule has 0 aromatic heterocycles. The number of amides is 2. The van der Waals surface area contributed by atoms with E-state index in [1.165, 1.54) is 11.1 Å². The Kier molecular flexibility index (Phi) is 7.85. The number of carbonyl (C=O) groups excluding carboxylic acids is 2. The van der Waals surface area contributed by atoms with Crippen LogP contribution in [0, 0.1) is 11.8 Å². The number of aliphatic carboxylic acids is 1. The Morgan fingerprint density at radius 2 is 1.71 bits per heavy atom. The fourth-order valence-corrected chi connectivity index (χ4v) is 5.03. The number of carbonyl (C=O) groups is 3. The first-order valence-corrected chi connectivity index (χ1v) is 12.3. The van der Waals surface area contributed by atoms with Crippen LogP contribution in [0.25, 0.3) is 11.1 Å². The summed E-state index contributed by atoms with van der Waals surface area (Å²) in [6.45, 7) is 2.36. The van der Waals surface area contributed by atoms with E-state index in [1.807, 2.05) is 37.3 Å². The lowest BCUT2D eigenvalue weighted by molar-refractivity contribution is -0.142. The molecule has 2 amide bonds. The predicted octanol–water partition coefficient (Wildman–Crippen LogP) is 4.48. The van der Waals surface area contributed by atoms with Crippen molar-refractivity contribution in [2.75, 3.05) is 13.2 Å². The van der Waals surface area contributed by atoms with Gasteiger partial charge in [0.05, 0.1) is 11.8 Å². The monoisotopic (exact) mass is 476 g/mol. The number of fused-ring (bicyclic) bond motifs is 3. The van der Waals surface area contributed by atoms with E-state index in [1.54, 1.807) is 6.08 Å². The smallest absolute Gasteiger partial charge is 0.407 e. The highest BCUT2D eigenvalue weighted by molar-refractivity contribution is 5.81. The standard InChI is InChI=1S/C28H32N2O5/c1-2-8-19(26(31)30-20-10-7-9-18(15-20)27(32)33)16-29-28(34)35-17-25-23-13-5-3-11-21(23)22-12-4-6-14-24(22)25/h3-7,10-14,18-20,25H,2,8-9,15-17H2,1H3,(H,29,34)(H,30,31)(H,32,33)/t18-,19?,20-/m1/s1. The zero-order valence-electron chi connectivity index (χ0n) is 19.9. The van der Waals surface area contributed by atoms with Crippen LogP contribution in [0.15, 0.2) is 60.7 Å². The fourth-order valence-electron chi connectivity index (χ4n) is 5.03. The Bertz CT molecular complexity index is 1070. The minimum Gasteiger partial charge on any atom is -0.481 e. The van der Waals surface area contributed by atoms with E-state index in [0.29, 0.717) is 19.3 Å². The number of carboxylic acids is 1. The average molecular weight is 477 g/mol. The van der Waals surface area contributed by atoms with Gasteiger partial charge in [-0.25, -0.2) is 4.79 Å². The molecule has 3 N–H and O–H groups in total. The van der Waals surface area contributed by atoms with Crippen LogP contribution in [-0.2, 0) is 14.3 Å². The number of hydrogen-bond acceptors (Lipinski definition) is 4. The largest absolute Gasteiger partial charge is 0.481 e. The van der Waals surface area contributed by atoms with Gasteiger partial charge in [0, 0.05) is 18.5 Å². The van der Waals surface area contributed by atoms with Gasteiger partial charge >= 0.3 is 12.1 Å². The number of benzene rings is 2. The van der Waals surface area contributed by atoms with Gasteiger partial charge in [-0.2, -0.15) is 0 Å². The number of carboxylic acid groups (broad SMARTS) is 1. The summed E-state index contributed by atoms with van der Waals surface area (Å²) in [6.07, 6.45) is 5.33. The molecule has 2 aliphatic carbocycles. The average Bonchev–Trinajstić information content (AvgIpc) is 3.19. The van der Waals surface area contributed by atoms with Crippen LogP contribution < -0.4 is 10.6 Å². The van der Waals surface area contributed by atoms with Crippen molar-refractivity contribution in [3.05, 3.63) is 71.8 Å². The van der Waals surface area contributed by atoms with Crippen molar-refractivity contribution >= 4 is 18.0 Å². The van der Waals surface area contributed by atoms with Gasteiger partial charge in [0.15, 0.2) is 0 Å². The Morgan fingerprint density at radius 1 is 1.06 bits per heavy atom. The zero-order valence-corrected chi connectivity index (χ0v) is 19.9. The van der Waals surface area contributed by atoms with Crippen molar-refractivity contribution in [1.29, 1.82) is 0 Å². The second-order valence-electron chi connectivity index (χ2n) is 9.24. The third-order valence-electron chi connectivity index (χ3n) is 6.85. The van der Waals surface area contributed by atoms with Crippen molar-refractivity contribution in [2.24, 2.45) is 11.8 Å². The van der Waals surface area contributed by atoms with Gasteiger partial charge in [0.1, 0.15) is 6.61 Å². The number of allylic oxidation sites excluding steroid dienone is 1. The van der Waals surface area contributed by atoms with Crippen LogP contribution in [0.4, 0.5) is 4.79 Å². The first-order chi connectivity index (χ1) is 17.0. The first kappa shape index (κ1) is 24.5. The molecule has 4 rings (SSSR count). The molecule has 0 fully saturated rings. The number of rotatable bonds is 9. The molecule has 0 saturated heterocycles. The lowest BCUT2D eigenvalue weighted by Gasteiger charge is -2.25. The summed E-state index contributed by atoms with van der Waals surface area (Å²) in [7, 11) is 0. The molecule has 184 valence electrons. The minimum absolute atomic E-state index is 0.0249. The van der Waals surface area contributed by atoms with E-state index in [9.17, 15) is 19.5 Å². The lowest BCUT2D eigenvalue weighted by Crippen LogP contribution is -2.44. The topological polar surface area (TPSA) is 105 Å². The highest BCUT2D eigenvalue weighted by Crippen LogP contribution is 2.44. The number of hydrogen-bond donors (Lipinski definition) is 3. The summed E-state index contributed by atoms with van der Waals surface area (Å²) < 4.78 is 5.58. The maximum Gasteiger partial charge on any atom is 0.407 e. The molecule has 35 heavy (non-hydrogen) atoms. The van der Waals surface area contributed by atoms with Gasteiger partial charge in [0.25, 0.3) is 0 Å². The maximum atomic E-state index is 12.8. The number of ether oxygens (including phenoxy) is 1. The number of alkyl carbamates (subject to hydrolysis) is 1. The molecule has 7 heteroatoms. The SMILES string of the molecule is CCCC(CNC(=O)OCC1c2ccccc2-c2ccccc21)C(=O)N[C@@H]1C=CC[C@@H](C(=O)O)C1. The molecule has 0 heterocycles. The first-order valence-electron chi connectivity index (χ1n) is 12.3. The molecule has 7 nitrogen and oxygen atoms in total. The molecule has 0 bridgehead atoms. The minimum atomic E-state index is -0.851. The Hall–Kier alpha value is -3.61. The lowest BCUT2D eigenvalue weighted by atomic mass is 9.90. The van der Waals surface area contributed by atoms with Gasteiger partial charge in [-0.3, -0.25) is 9.59 Å². The molecule has 0 radical (unpaired) electrons. The van der Waals surface area contributed by atoms with Crippen molar-refractivity contribution in [2.45, 2.75) is 44.6 Å². The summed E-state index contributed by atoms with van der Waals surface area (Å²) in [4.78, 5) is 36.7. The van der Waals surface area contributed by atoms with Crippen molar-refractivity contribution in [3.63, 3.8) is 0 Å². The van der Waals surface area contributed by atoms with Gasteiger partial charge in [-0.05, 0) is 41.5 Å². The highest BCUT2D eigenvalue weighted by Gasteiger charge is 2.30. The summed E-state index contributed by atoms with van der Waals surface area (Å²) in [5, 5.41) is 14.9. The van der Waals surface area contributed by atoms with Crippen LogP contribution in [0.2, 0.25) is 0 Å². The van der Waals surface area contributed by atoms with Gasteiger partial charge in [-0.1, -0.05) is 74.0 Å². The molecule has 0 saturated carbocycles. The van der Waals surface area contributed by atoms with Crippen molar-refractivity contribution < 1.29 is 24.2 Å². The van der Waals surface area contributed by atoms with Gasteiger partial charge < -0.3 is 20.5 Å². The van der Waals surface area contributed by atoms with Crippen molar-refractivity contribution in [1.82, 2.24) is 10.6 Å². The van der Waals surface area contributed by atoms with E-state index in [-0.39, 0.29) is 31.0 Å². The van der Waals surface area contributed by atoms with Gasteiger partial charge in [0.2, 0.25) is 5.91 Å². The zero-order chi connectivity index (χ0) is 24.8. The maximum absolute atomic E-state index is 12.8. The van der Waals surface area contributed by atoms with Crippen molar-refractivity contribution in [3.8, 4) is 11.1 Å².